The molecule has 1 heterocycles. The second-order valence-corrected chi connectivity index (χ2v) is 4.49. The van der Waals surface area contributed by atoms with E-state index in [2.05, 4.69) is 5.32 Å². The molecule has 1 fully saturated rings. The van der Waals surface area contributed by atoms with Gasteiger partial charge in [0.1, 0.15) is 6.61 Å². The van der Waals surface area contributed by atoms with Crippen LogP contribution in [0.25, 0.3) is 0 Å². The minimum Gasteiger partial charge on any atom is -0.480 e. The number of carboxylic acid groups (broad SMARTS) is 1. The zero-order valence-corrected chi connectivity index (χ0v) is 10.4. The summed E-state index contributed by atoms with van der Waals surface area (Å²) in [5, 5.41) is 11.3. The number of carboxylic acids is 1. The molecule has 0 aromatic heterocycles. The smallest absolute Gasteiger partial charge is 0.407 e. The van der Waals surface area contributed by atoms with E-state index in [0.29, 0.717) is 13.1 Å². The van der Waals surface area contributed by atoms with Gasteiger partial charge in [0, 0.05) is 13.1 Å². The summed E-state index contributed by atoms with van der Waals surface area (Å²) < 4.78 is 5.07. The third-order valence-corrected chi connectivity index (χ3v) is 2.85. The lowest BCUT2D eigenvalue weighted by Gasteiger charge is -2.37. The molecule has 6 nitrogen and oxygen atoms in total. The van der Waals surface area contributed by atoms with Crippen LogP contribution in [0.2, 0.25) is 0 Å². The number of hydrogen-bond acceptors (Lipinski definition) is 4. The highest BCUT2D eigenvalue weighted by Gasteiger charge is 2.29. The van der Waals surface area contributed by atoms with Gasteiger partial charge in [0.2, 0.25) is 0 Å². The highest BCUT2D eigenvalue weighted by molar-refractivity contribution is 5.70. The third kappa shape index (κ3) is 4.26. The molecule has 0 saturated carbocycles. The molecule has 1 aliphatic rings. The lowest BCUT2D eigenvalue weighted by molar-refractivity contribution is -0.139. The zero-order valence-electron chi connectivity index (χ0n) is 10.4. The van der Waals surface area contributed by atoms with Gasteiger partial charge in [-0.05, 0) is 5.56 Å². The minimum atomic E-state index is -0.856. The number of benzene rings is 1. The molecular weight excluding hydrogens is 248 g/mol. The second kappa shape index (κ2) is 6.19. The normalized spacial score (nSPS) is 15.6. The number of carbonyl (C=O) groups excluding carboxylic acids is 1. The lowest BCUT2D eigenvalue weighted by atomic mass is 10.1. The maximum atomic E-state index is 11.5. The van der Waals surface area contributed by atoms with Crippen molar-refractivity contribution in [2.24, 2.45) is 0 Å². The van der Waals surface area contributed by atoms with Gasteiger partial charge >= 0.3 is 12.1 Å². The number of hydrogen-bond donors (Lipinski definition) is 2. The van der Waals surface area contributed by atoms with Crippen molar-refractivity contribution >= 4 is 12.1 Å². The van der Waals surface area contributed by atoms with E-state index >= 15 is 0 Å². The Balaban J connectivity index is 1.62. The molecule has 102 valence electrons. The molecule has 0 unspecified atom stereocenters. The molecule has 2 rings (SSSR count). The number of rotatable bonds is 5. The van der Waals surface area contributed by atoms with Gasteiger partial charge < -0.3 is 15.2 Å². The zero-order chi connectivity index (χ0) is 13.7. The number of nitrogens with one attached hydrogen (secondary N) is 1. The highest BCUT2D eigenvalue weighted by Crippen LogP contribution is 2.07. The Labute approximate surface area is 111 Å². The fourth-order valence-electron chi connectivity index (χ4n) is 1.91. The summed E-state index contributed by atoms with van der Waals surface area (Å²) in [6.07, 6.45) is -0.469. The van der Waals surface area contributed by atoms with Crippen molar-refractivity contribution in [1.82, 2.24) is 10.2 Å². The number of carbonyl (C=O) groups is 2. The second-order valence-electron chi connectivity index (χ2n) is 4.49. The van der Waals surface area contributed by atoms with Crippen LogP contribution < -0.4 is 5.32 Å². The summed E-state index contributed by atoms with van der Waals surface area (Å²) in [7, 11) is 0. The molecule has 1 aliphatic heterocycles. The summed E-state index contributed by atoms with van der Waals surface area (Å²) >= 11 is 0. The van der Waals surface area contributed by atoms with E-state index in [0.717, 1.165) is 5.56 Å². The lowest BCUT2D eigenvalue weighted by Crippen LogP contribution is -2.60. The summed E-state index contributed by atoms with van der Waals surface area (Å²) in [5.41, 5.74) is 0.929. The first-order valence-electron chi connectivity index (χ1n) is 6.05. The Hall–Kier alpha value is -2.08. The van der Waals surface area contributed by atoms with Crippen molar-refractivity contribution in [1.29, 1.82) is 0 Å². The van der Waals surface area contributed by atoms with Gasteiger partial charge in [-0.2, -0.15) is 0 Å². The largest absolute Gasteiger partial charge is 0.480 e. The maximum absolute atomic E-state index is 11.5. The summed E-state index contributed by atoms with van der Waals surface area (Å²) in [4.78, 5) is 23.7. The van der Waals surface area contributed by atoms with E-state index in [4.69, 9.17) is 9.84 Å². The van der Waals surface area contributed by atoms with E-state index in [-0.39, 0.29) is 19.2 Å². The van der Waals surface area contributed by atoms with Crippen molar-refractivity contribution in [2.45, 2.75) is 12.6 Å². The monoisotopic (exact) mass is 264 g/mol. The van der Waals surface area contributed by atoms with Crippen molar-refractivity contribution in [3.8, 4) is 0 Å². The van der Waals surface area contributed by atoms with Crippen LogP contribution in [0.3, 0.4) is 0 Å². The first-order chi connectivity index (χ1) is 9.13. The SMILES string of the molecule is O=C(O)CN1CC(NC(=O)OCc2ccccc2)C1. The molecule has 1 aromatic carbocycles. The van der Waals surface area contributed by atoms with Crippen LogP contribution in [0.15, 0.2) is 30.3 Å². The molecule has 1 amide bonds. The molecule has 0 aliphatic carbocycles. The van der Waals surface area contributed by atoms with Crippen LogP contribution in [0.1, 0.15) is 5.56 Å². The van der Waals surface area contributed by atoms with Crippen LogP contribution in [-0.4, -0.2) is 47.7 Å². The molecule has 1 saturated heterocycles. The number of likely N-dealkylation sites (tertiary alicyclic amines) is 1. The molecule has 0 atom stereocenters. The van der Waals surface area contributed by atoms with Gasteiger partial charge in [-0.15, -0.1) is 0 Å². The van der Waals surface area contributed by atoms with Crippen molar-refractivity contribution in [3.05, 3.63) is 35.9 Å². The Kier molecular flexibility index (Phi) is 4.35. The number of aliphatic carboxylic acids is 1. The highest BCUT2D eigenvalue weighted by atomic mass is 16.5. The maximum Gasteiger partial charge on any atom is 0.407 e. The first-order valence-corrected chi connectivity index (χ1v) is 6.05. The Morgan fingerprint density at radius 2 is 2.00 bits per heavy atom. The Morgan fingerprint density at radius 3 is 2.63 bits per heavy atom. The van der Waals surface area contributed by atoms with Crippen LogP contribution in [0.5, 0.6) is 0 Å². The van der Waals surface area contributed by atoms with E-state index in [9.17, 15) is 9.59 Å². The average Bonchev–Trinajstić information content (AvgIpc) is 2.34. The van der Waals surface area contributed by atoms with Gasteiger partial charge in [0.15, 0.2) is 0 Å². The van der Waals surface area contributed by atoms with Gasteiger partial charge in [0.25, 0.3) is 0 Å². The predicted octanol–water partition coefficient (Wildman–Crippen LogP) is 0.682. The van der Waals surface area contributed by atoms with E-state index in [1.54, 1.807) is 4.90 Å². The minimum absolute atomic E-state index is 0.0112. The van der Waals surface area contributed by atoms with E-state index < -0.39 is 12.1 Å². The van der Waals surface area contributed by atoms with Crippen LogP contribution in [-0.2, 0) is 16.1 Å². The third-order valence-electron chi connectivity index (χ3n) is 2.85. The van der Waals surface area contributed by atoms with E-state index in [1.807, 2.05) is 30.3 Å². The van der Waals surface area contributed by atoms with Crippen molar-refractivity contribution in [3.63, 3.8) is 0 Å². The van der Waals surface area contributed by atoms with Gasteiger partial charge in [-0.25, -0.2) is 4.79 Å². The van der Waals surface area contributed by atoms with Gasteiger partial charge in [-0.1, -0.05) is 30.3 Å². The average molecular weight is 264 g/mol. The first kappa shape index (κ1) is 13.4. The van der Waals surface area contributed by atoms with Crippen LogP contribution >= 0.6 is 0 Å². The molecule has 6 heteroatoms. The molecule has 0 radical (unpaired) electrons. The summed E-state index contributed by atoms with van der Waals surface area (Å²) in [6.45, 7) is 1.34. The van der Waals surface area contributed by atoms with Crippen molar-refractivity contribution < 1.29 is 19.4 Å². The topological polar surface area (TPSA) is 78.9 Å². The summed E-state index contributed by atoms with van der Waals surface area (Å²) in [5.74, 6) is -0.856. The predicted molar refractivity (Wildman–Crippen MR) is 67.6 cm³/mol. The molecule has 1 aromatic rings. The number of alkyl carbamates (subject to hydrolysis) is 1. The van der Waals surface area contributed by atoms with Crippen LogP contribution in [0.4, 0.5) is 4.79 Å². The molecular formula is C13H16N2O4. The fraction of sp³-hybridized carbons (Fsp3) is 0.385. The summed E-state index contributed by atoms with van der Waals surface area (Å²) in [6, 6.07) is 9.40. The molecule has 0 spiro atoms. The quantitative estimate of drug-likeness (QED) is 0.817. The Morgan fingerprint density at radius 1 is 1.32 bits per heavy atom. The van der Waals surface area contributed by atoms with Gasteiger partial charge in [-0.3, -0.25) is 9.69 Å². The molecule has 19 heavy (non-hydrogen) atoms. The van der Waals surface area contributed by atoms with Crippen molar-refractivity contribution in [2.75, 3.05) is 19.6 Å². The standard InChI is InChI=1S/C13H16N2O4/c16-12(17)8-15-6-11(7-15)14-13(18)19-9-10-4-2-1-3-5-10/h1-5,11H,6-9H2,(H,14,18)(H,16,17). The number of amides is 1. The van der Waals surface area contributed by atoms with Gasteiger partial charge in [0.05, 0.1) is 12.6 Å². The fourth-order valence-corrected chi connectivity index (χ4v) is 1.91. The van der Waals surface area contributed by atoms with Crippen LogP contribution in [0, 0.1) is 0 Å². The van der Waals surface area contributed by atoms with E-state index in [1.165, 1.54) is 0 Å². The molecule has 2 N–H and O–H groups in total. The number of nitrogens with zero attached hydrogens (tertiary/aromatic N) is 1. The Bertz CT molecular complexity index is 443. The molecule has 0 bridgehead atoms. The number of ether oxygens (including phenoxy) is 1.